The molecule has 3 heteroatoms. The maximum atomic E-state index is 11.2. The van der Waals surface area contributed by atoms with Crippen LogP contribution in [0.25, 0.3) is 10.9 Å². The molecule has 2 heterocycles. The second-order valence-electron chi connectivity index (χ2n) is 6.48. The van der Waals surface area contributed by atoms with Gasteiger partial charge in [-0.2, -0.15) is 0 Å². The van der Waals surface area contributed by atoms with Gasteiger partial charge in [0.05, 0.1) is 11.9 Å². The fourth-order valence-corrected chi connectivity index (χ4v) is 3.84. The van der Waals surface area contributed by atoms with Crippen molar-refractivity contribution in [2.45, 2.75) is 52.0 Å². The van der Waals surface area contributed by atoms with E-state index in [-0.39, 0.29) is 11.8 Å². The first-order chi connectivity index (χ1) is 9.42. The molecule has 2 aromatic rings. The molecule has 106 valence electrons. The van der Waals surface area contributed by atoms with Gasteiger partial charge in [-0.15, -0.1) is 0 Å². The Balaban J connectivity index is 2.30. The molecule has 0 saturated carbocycles. The van der Waals surface area contributed by atoms with Crippen LogP contribution >= 0.6 is 0 Å². The van der Waals surface area contributed by atoms with Crippen LogP contribution in [-0.2, 0) is 23.2 Å². The molecule has 0 unspecified atom stereocenters. The number of hydrogen-bond acceptors (Lipinski definition) is 1. The van der Waals surface area contributed by atoms with E-state index >= 15 is 0 Å². The standard InChI is InChI=1S/C17H21NO2/c1-11-15(17(2,3)10-14(19)20)13-8-4-6-12-7-5-9-18(11)16(12)13/h4,6,8H,5,7,9-10H2,1-3H3,(H,19,20). The second kappa shape index (κ2) is 4.37. The van der Waals surface area contributed by atoms with Gasteiger partial charge in [0.1, 0.15) is 0 Å². The Bertz CT molecular complexity index is 695. The van der Waals surface area contributed by atoms with Crippen molar-refractivity contribution >= 4 is 16.9 Å². The Hall–Kier alpha value is -1.77. The zero-order valence-electron chi connectivity index (χ0n) is 12.4. The summed E-state index contributed by atoms with van der Waals surface area (Å²) in [5.41, 5.74) is 4.82. The molecule has 0 spiro atoms. The molecule has 1 aromatic heterocycles. The van der Waals surface area contributed by atoms with Gasteiger partial charge in [-0.1, -0.05) is 32.0 Å². The van der Waals surface area contributed by atoms with Crippen LogP contribution in [0.3, 0.4) is 0 Å². The van der Waals surface area contributed by atoms with Crippen molar-refractivity contribution in [3.8, 4) is 0 Å². The van der Waals surface area contributed by atoms with Crippen molar-refractivity contribution in [3.63, 3.8) is 0 Å². The molecule has 0 atom stereocenters. The van der Waals surface area contributed by atoms with E-state index in [1.54, 1.807) is 0 Å². The van der Waals surface area contributed by atoms with Gasteiger partial charge < -0.3 is 9.67 Å². The summed E-state index contributed by atoms with van der Waals surface area (Å²) < 4.78 is 2.38. The van der Waals surface area contributed by atoms with Gasteiger partial charge in [0, 0.05) is 23.0 Å². The molecular weight excluding hydrogens is 250 g/mol. The number of aliphatic carboxylic acids is 1. The summed E-state index contributed by atoms with van der Waals surface area (Å²) in [5.74, 6) is -0.735. The van der Waals surface area contributed by atoms with Crippen molar-refractivity contribution in [1.82, 2.24) is 4.57 Å². The topological polar surface area (TPSA) is 42.2 Å². The number of carboxylic acid groups (broad SMARTS) is 1. The van der Waals surface area contributed by atoms with E-state index in [0.717, 1.165) is 13.0 Å². The summed E-state index contributed by atoms with van der Waals surface area (Å²) in [7, 11) is 0. The third kappa shape index (κ3) is 1.84. The Morgan fingerprint density at radius 3 is 2.85 bits per heavy atom. The van der Waals surface area contributed by atoms with E-state index in [4.69, 9.17) is 0 Å². The summed E-state index contributed by atoms with van der Waals surface area (Å²) in [6, 6.07) is 6.45. The summed E-state index contributed by atoms with van der Waals surface area (Å²) in [4.78, 5) is 11.2. The molecule has 20 heavy (non-hydrogen) atoms. The first kappa shape index (κ1) is 13.2. The Kier molecular flexibility index (Phi) is 2.89. The van der Waals surface area contributed by atoms with Crippen molar-refractivity contribution in [2.24, 2.45) is 0 Å². The highest BCUT2D eigenvalue weighted by Crippen LogP contribution is 2.40. The lowest BCUT2D eigenvalue weighted by molar-refractivity contribution is -0.138. The molecule has 3 rings (SSSR count). The number of aromatic nitrogens is 1. The number of carboxylic acids is 1. The molecule has 1 aliphatic rings. The lowest BCUT2D eigenvalue weighted by Crippen LogP contribution is -2.22. The fraction of sp³-hybridized carbons (Fsp3) is 0.471. The van der Waals surface area contributed by atoms with Gasteiger partial charge >= 0.3 is 5.97 Å². The predicted octanol–water partition coefficient (Wildman–Crippen LogP) is 3.65. The summed E-state index contributed by atoms with van der Waals surface area (Å²) in [6.45, 7) is 7.26. The number of para-hydroxylation sites is 1. The number of rotatable bonds is 3. The average molecular weight is 271 g/mol. The molecular formula is C17H21NO2. The highest BCUT2D eigenvalue weighted by Gasteiger charge is 2.31. The van der Waals surface area contributed by atoms with Crippen LogP contribution < -0.4 is 0 Å². The molecule has 0 aliphatic carbocycles. The average Bonchev–Trinajstić information content (AvgIpc) is 2.64. The summed E-state index contributed by atoms with van der Waals surface area (Å²) in [6.07, 6.45) is 2.46. The van der Waals surface area contributed by atoms with Gasteiger partial charge in [0.2, 0.25) is 0 Å². The van der Waals surface area contributed by atoms with Crippen molar-refractivity contribution in [2.75, 3.05) is 0 Å². The van der Waals surface area contributed by atoms with Gasteiger partial charge in [-0.3, -0.25) is 4.79 Å². The maximum Gasteiger partial charge on any atom is 0.304 e. The van der Waals surface area contributed by atoms with Gasteiger partial charge in [0.15, 0.2) is 0 Å². The normalized spacial score (nSPS) is 14.8. The second-order valence-corrected chi connectivity index (χ2v) is 6.48. The Labute approximate surface area is 119 Å². The lowest BCUT2D eigenvalue weighted by atomic mass is 9.80. The van der Waals surface area contributed by atoms with E-state index in [1.807, 2.05) is 13.8 Å². The van der Waals surface area contributed by atoms with Gasteiger partial charge in [0.25, 0.3) is 0 Å². The molecule has 0 amide bonds. The molecule has 0 saturated heterocycles. The van der Waals surface area contributed by atoms with E-state index in [1.165, 1.54) is 34.1 Å². The molecule has 3 nitrogen and oxygen atoms in total. The van der Waals surface area contributed by atoms with Crippen LogP contribution in [0.2, 0.25) is 0 Å². The van der Waals surface area contributed by atoms with E-state index in [2.05, 4.69) is 29.7 Å². The molecule has 0 fully saturated rings. The summed E-state index contributed by atoms with van der Waals surface area (Å²) in [5, 5.41) is 10.4. The van der Waals surface area contributed by atoms with E-state index in [9.17, 15) is 9.90 Å². The predicted molar refractivity (Wildman–Crippen MR) is 80.3 cm³/mol. The van der Waals surface area contributed by atoms with Crippen LogP contribution in [-0.4, -0.2) is 15.6 Å². The van der Waals surface area contributed by atoms with Gasteiger partial charge in [-0.05, 0) is 30.9 Å². The third-order valence-corrected chi connectivity index (χ3v) is 4.52. The minimum Gasteiger partial charge on any atom is -0.481 e. The van der Waals surface area contributed by atoms with Crippen LogP contribution in [0.5, 0.6) is 0 Å². The maximum absolute atomic E-state index is 11.2. The smallest absolute Gasteiger partial charge is 0.304 e. The molecule has 1 N–H and O–H groups in total. The quantitative estimate of drug-likeness (QED) is 0.926. The largest absolute Gasteiger partial charge is 0.481 e. The first-order valence-corrected chi connectivity index (χ1v) is 7.25. The minimum atomic E-state index is -0.735. The van der Waals surface area contributed by atoms with Crippen LogP contribution in [0, 0.1) is 6.92 Å². The van der Waals surface area contributed by atoms with Crippen LogP contribution in [0.15, 0.2) is 18.2 Å². The van der Waals surface area contributed by atoms with Crippen LogP contribution in [0.4, 0.5) is 0 Å². The highest BCUT2D eigenvalue weighted by atomic mass is 16.4. The van der Waals surface area contributed by atoms with E-state index < -0.39 is 5.97 Å². The Morgan fingerprint density at radius 2 is 2.15 bits per heavy atom. The number of aryl methyl sites for hydroxylation is 2. The van der Waals surface area contributed by atoms with Gasteiger partial charge in [-0.25, -0.2) is 0 Å². The zero-order valence-corrected chi connectivity index (χ0v) is 12.4. The highest BCUT2D eigenvalue weighted by molar-refractivity contribution is 5.90. The molecule has 1 aliphatic heterocycles. The molecule has 1 aromatic carbocycles. The molecule has 0 bridgehead atoms. The number of nitrogens with zero attached hydrogens (tertiary/aromatic N) is 1. The third-order valence-electron chi connectivity index (χ3n) is 4.52. The van der Waals surface area contributed by atoms with Crippen LogP contribution in [0.1, 0.15) is 43.5 Å². The summed E-state index contributed by atoms with van der Waals surface area (Å²) >= 11 is 0. The van der Waals surface area contributed by atoms with Crippen molar-refractivity contribution in [1.29, 1.82) is 0 Å². The minimum absolute atomic E-state index is 0.164. The number of benzene rings is 1. The first-order valence-electron chi connectivity index (χ1n) is 7.25. The Morgan fingerprint density at radius 1 is 1.40 bits per heavy atom. The lowest BCUT2D eigenvalue weighted by Gasteiger charge is -2.24. The number of hydrogen-bond donors (Lipinski definition) is 1. The number of carbonyl (C=O) groups is 1. The van der Waals surface area contributed by atoms with E-state index in [0.29, 0.717) is 0 Å². The SMILES string of the molecule is Cc1c(C(C)(C)CC(=O)O)c2cccc3c2n1CCC3. The van der Waals surface area contributed by atoms with Crippen molar-refractivity contribution in [3.05, 3.63) is 35.0 Å². The zero-order chi connectivity index (χ0) is 14.5. The monoisotopic (exact) mass is 271 g/mol. The van der Waals surface area contributed by atoms with Crippen molar-refractivity contribution < 1.29 is 9.90 Å². The molecule has 0 radical (unpaired) electrons. The fourth-order valence-electron chi connectivity index (χ4n) is 3.84.